The molecule has 1 nitrogen and oxygen atoms in total. The van der Waals surface area contributed by atoms with E-state index in [4.69, 9.17) is 5.26 Å². The molecule has 0 saturated heterocycles. The van der Waals surface area contributed by atoms with Crippen LogP contribution in [0, 0.1) is 28.9 Å². The first-order valence-corrected chi connectivity index (χ1v) is 4.46. The molecule has 0 N–H and O–H groups in total. The van der Waals surface area contributed by atoms with E-state index in [1.54, 1.807) is 0 Å². The van der Waals surface area contributed by atoms with Crippen LogP contribution in [-0.2, 0) is 5.41 Å². The molecule has 1 aliphatic carbocycles. The summed E-state index contributed by atoms with van der Waals surface area (Å²) >= 11 is 0. The summed E-state index contributed by atoms with van der Waals surface area (Å²) in [6.45, 7) is 1.91. The van der Waals surface area contributed by atoms with Crippen LogP contribution < -0.4 is 0 Å². The Morgan fingerprint density at radius 3 is 2.21 bits per heavy atom. The number of rotatable bonds is 1. The van der Waals surface area contributed by atoms with Crippen molar-refractivity contribution in [2.24, 2.45) is 5.92 Å². The molecule has 0 aromatic heterocycles. The van der Waals surface area contributed by atoms with Crippen LogP contribution in [0.3, 0.4) is 0 Å². The molecule has 2 unspecified atom stereocenters. The topological polar surface area (TPSA) is 23.8 Å². The molecule has 0 bridgehead atoms. The van der Waals surface area contributed by atoms with Gasteiger partial charge in [0.2, 0.25) is 0 Å². The van der Waals surface area contributed by atoms with Gasteiger partial charge in [-0.3, -0.25) is 0 Å². The molecule has 0 spiro atoms. The van der Waals surface area contributed by atoms with Crippen molar-refractivity contribution in [2.45, 2.75) is 18.8 Å². The minimum atomic E-state index is -0.650. The van der Waals surface area contributed by atoms with E-state index in [-0.39, 0.29) is 5.92 Å². The quantitative estimate of drug-likeness (QED) is 0.672. The van der Waals surface area contributed by atoms with E-state index in [0.717, 1.165) is 6.07 Å². The third kappa shape index (κ3) is 1.19. The van der Waals surface area contributed by atoms with Gasteiger partial charge in [-0.1, -0.05) is 6.92 Å². The predicted molar refractivity (Wildman–Crippen MR) is 47.4 cm³/mol. The van der Waals surface area contributed by atoms with Crippen LogP contribution in [0.2, 0.25) is 0 Å². The van der Waals surface area contributed by atoms with Gasteiger partial charge in [0.15, 0.2) is 0 Å². The van der Waals surface area contributed by atoms with E-state index in [1.807, 2.05) is 6.92 Å². The van der Waals surface area contributed by atoms with Crippen LogP contribution in [0.15, 0.2) is 18.2 Å². The molecule has 0 heterocycles. The van der Waals surface area contributed by atoms with Crippen LogP contribution in [0.25, 0.3) is 0 Å². The van der Waals surface area contributed by atoms with Crippen molar-refractivity contribution in [3.05, 3.63) is 35.4 Å². The molecule has 1 fully saturated rings. The van der Waals surface area contributed by atoms with Crippen molar-refractivity contribution in [1.82, 2.24) is 0 Å². The maximum atomic E-state index is 12.9. The van der Waals surface area contributed by atoms with Crippen molar-refractivity contribution in [3.8, 4) is 6.07 Å². The van der Waals surface area contributed by atoms with Crippen LogP contribution in [0.1, 0.15) is 18.9 Å². The maximum absolute atomic E-state index is 12.9. The largest absolute Gasteiger partial charge is 0.207 e. The van der Waals surface area contributed by atoms with E-state index in [1.165, 1.54) is 12.1 Å². The van der Waals surface area contributed by atoms with Gasteiger partial charge >= 0.3 is 0 Å². The molecule has 1 aromatic carbocycles. The van der Waals surface area contributed by atoms with Crippen molar-refractivity contribution < 1.29 is 8.78 Å². The fourth-order valence-corrected chi connectivity index (χ4v) is 1.86. The Labute approximate surface area is 81.0 Å². The number of nitriles is 1. The second-order valence-electron chi connectivity index (χ2n) is 3.85. The molecule has 1 aromatic rings. The summed E-state index contributed by atoms with van der Waals surface area (Å²) in [5.74, 6) is -1.05. The molecule has 14 heavy (non-hydrogen) atoms. The summed E-state index contributed by atoms with van der Waals surface area (Å²) in [5, 5.41) is 8.97. The molecule has 1 aliphatic rings. The van der Waals surface area contributed by atoms with Crippen LogP contribution >= 0.6 is 0 Å². The number of hydrogen-bond acceptors (Lipinski definition) is 1. The maximum Gasteiger partial charge on any atom is 0.126 e. The minimum Gasteiger partial charge on any atom is -0.207 e. The lowest BCUT2D eigenvalue weighted by atomic mass is 9.95. The highest BCUT2D eigenvalue weighted by Crippen LogP contribution is 2.53. The van der Waals surface area contributed by atoms with E-state index < -0.39 is 17.0 Å². The Balaban J connectivity index is 2.48. The Kier molecular flexibility index (Phi) is 1.81. The lowest BCUT2D eigenvalue weighted by molar-refractivity contribution is 0.575. The van der Waals surface area contributed by atoms with Crippen molar-refractivity contribution in [2.75, 3.05) is 0 Å². The number of halogens is 2. The highest BCUT2D eigenvalue weighted by Gasteiger charge is 2.53. The van der Waals surface area contributed by atoms with Gasteiger partial charge in [0.25, 0.3) is 0 Å². The zero-order chi connectivity index (χ0) is 10.3. The normalized spacial score (nSPS) is 29.7. The summed E-state index contributed by atoms with van der Waals surface area (Å²) in [6, 6.07) is 5.45. The smallest absolute Gasteiger partial charge is 0.126 e. The van der Waals surface area contributed by atoms with Crippen LogP contribution in [0.5, 0.6) is 0 Å². The van der Waals surface area contributed by atoms with Gasteiger partial charge in [-0.05, 0) is 30.0 Å². The molecule has 2 atom stereocenters. The van der Waals surface area contributed by atoms with Crippen LogP contribution in [-0.4, -0.2) is 0 Å². The average molecular weight is 193 g/mol. The summed E-state index contributed by atoms with van der Waals surface area (Å²) in [6.07, 6.45) is 0.687. The van der Waals surface area contributed by atoms with Crippen molar-refractivity contribution in [3.63, 3.8) is 0 Å². The van der Waals surface area contributed by atoms with Gasteiger partial charge in [-0.15, -0.1) is 0 Å². The molecule has 0 aliphatic heterocycles. The summed E-state index contributed by atoms with van der Waals surface area (Å²) < 4.78 is 25.8. The van der Waals surface area contributed by atoms with E-state index >= 15 is 0 Å². The SMILES string of the molecule is CC1CC1(C#N)c1cc(F)cc(F)c1. The fourth-order valence-electron chi connectivity index (χ4n) is 1.86. The molecular formula is C11H9F2N. The van der Waals surface area contributed by atoms with Crippen LogP contribution in [0.4, 0.5) is 8.78 Å². The first-order valence-electron chi connectivity index (χ1n) is 4.46. The third-order valence-electron chi connectivity index (χ3n) is 2.89. The van der Waals surface area contributed by atoms with E-state index in [0.29, 0.717) is 12.0 Å². The first kappa shape index (κ1) is 9.14. The number of hydrogen-bond donors (Lipinski definition) is 0. The average Bonchev–Trinajstić information content (AvgIpc) is 2.76. The molecular weight excluding hydrogens is 184 g/mol. The van der Waals surface area contributed by atoms with Gasteiger partial charge in [-0.2, -0.15) is 5.26 Å². The Bertz CT molecular complexity index is 402. The number of benzene rings is 1. The molecule has 0 amide bonds. The Morgan fingerprint density at radius 1 is 1.36 bits per heavy atom. The van der Waals surface area contributed by atoms with Gasteiger partial charge in [0.05, 0.1) is 11.5 Å². The highest BCUT2D eigenvalue weighted by atomic mass is 19.1. The Morgan fingerprint density at radius 2 is 1.86 bits per heavy atom. The van der Waals surface area contributed by atoms with Gasteiger partial charge in [0, 0.05) is 6.07 Å². The lowest BCUT2D eigenvalue weighted by Crippen LogP contribution is -2.06. The van der Waals surface area contributed by atoms with Gasteiger partial charge in [0.1, 0.15) is 11.6 Å². The van der Waals surface area contributed by atoms with Crippen molar-refractivity contribution in [1.29, 1.82) is 5.26 Å². The Hall–Kier alpha value is -1.43. The first-order chi connectivity index (χ1) is 6.58. The molecule has 72 valence electrons. The molecule has 2 rings (SSSR count). The highest BCUT2D eigenvalue weighted by molar-refractivity contribution is 5.41. The van der Waals surface area contributed by atoms with Crippen molar-refractivity contribution >= 4 is 0 Å². The van der Waals surface area contributed by atoms with E-state index in [9.17, 15) is 8.78 Å². The second-order valence-corrected chi connectivity index (χ2v) is 3.85. The predicted octanol–water partition coefficient (Wildman–Crippen LogP) is 2.77. The van der Waals surface area contributed by atoms with Gasteiger partial charge < -0.3 is 0 Å². The van der Waals surface area contributed by atoms with E-state index in [2.05, 4.69) is 6.07 Å². The molecule has 1 saturated carbocycles. The summed E-state index contributed by atoms with van der Waals surface area (Å²) in [4.78, 5) is 0. The summed E-state index contributed by atoms with van der Waals surface area (Å²) in [5.41, 5.74) is -0.187. The zero-order valence-electron chi connectivity index (χ0n) is 7.72. The fraction of sp³-hybridized carbons (Fsp3) is 0.364. The molecule has 0 radical (unpaired) electrons. The zero-order valence-corrected chi connectivity index (χ0v) is 7.72. The molecule has 3 heteroatoms. The third-order valence-corrected chi connectivity index (χ3v) is 2.89. The lowest BCUT2D eigenvalue weighted by Gasteiger charge is -2.07. The second kappa shape index (κ2) is 2.78. The number of nitrogens with zero attached hydrogens (tertiary/aromatic N) is 1. The summed E-state index contributed by atoms with van der Waals surface area (Å²) in [7, 11) is 0. The van der Waals surface area contributed by atoms with Gasteiger partial charge in [-0.25, -0.2) is 8.78 Å². The monoisotopic (exact) mass is 193 g/mol. The minimum absolute atomic E-state index is 0.189. The standard InChI is InChI=1S/C11H9F2N/c1-7-5-11(7,6-14)8-2-9(12)4-10(13)3-8/h2-4,7H,5H2,1H3.